The Kier molecular flexibility index (Phi) is 6.93. The first-order valence-corrected chi connectivity index (χ1v) is 10.7. The fourth-order valence-electron chi connectivity index (χ4n) is 3.61. The van der Waals surface area contributed by atoms with Gasteiger partial charge in [0.05, 0.1) is 0 Å². The maximum atomic E-state index is 12.3. The highest BCUT2D eigenvalue weighted by atomic mass is 16.5. The molecule has 1 aromatic heterocycles. The Labute approximate surface area is 188 Å². The second-order valence-electron chi connectivity index (χ2n) is 7.72. The summed E-state index contributed by atoms with van der Waals surface area (Å²) in [5.74, 6) is 1.20. The molecule has 0 saturated carbocycles. The van der Waals surface area contributed by atoms with Gasteiger partial charge in [-0.1, -0.05) is 54.6 Å². The zero-order valence-corrected chi connectivity index (χ0v) is 17.8. The standard InChI is InChI=1S/C28H25NO3/c30-25-8-3-7-23(18-25)28-9-2-1-6-24(28)20-32-27-14-11-21(12-15-27)17-26(31)13-10-22-5-4-16-29-19-22/h1-9,11-12,14-16,18-19,30H,10,13,17,20H2. The minimum atomic E-state index is 0.211. The van der Waals surface area contributed by atoms with Gasteiger partial charge in [0, 0.05) is 25.2 Å². The van der Waals surface area contributed by atoms with Crippen LogP contribution in [0.4, 0.5) is 0 Å². The number of carbonyl (C=O) groups excluding carboxylic acids is 1. The van der Waals surface area contributed by atoms with E-state index in [0.29, 0.717) is 25.9 Å². The molecule has 1 N–H and O–H groups in total. The molecule has 32 heavy (non-hydrogen) atoms. The molecule has 3 aromatic carbocycles. The molecule has 160 valence electrons. The maximum Gasteiger partial charge on any atom is 0.137 e. The lowest BCUT2D eigenvalue weighted by Crippen LogP contribution is -2.04. The van der Waals surface area contributed by atoms with E-state index >= 15 is 0 Å². The molecule has 0 atom stereocenters. The van der Waals surface area contributed by atoms with E-state index in [-0.39, 0.29) is 11.5 Å². The number of aryl methyl sites for hydroxylation is 1. The largest absolute Gasteiger partial charge is 0.508 e. The van der Waals surface area contributed by atoms with Gasteiger partial charge in [0.1, 0.15) is 23.9 Å². The topological polar surface area (TPSA) is 59.4 Å². The third-order valence-electron chi connectivity index (χ3n) is 5.31. The van der Waals surface area contributed by atoms with Crippen LogP contribution in [0.3, 0.4) is 0 Å². The van der Waals surface area contributed by atoms with Gasteiger partial charge < -0.3 is 9.84 Å². The minimum Gasteiger partial charge on any atom is -0.508 e. The zero-order chi connectivity index (χ0) is 22.2. The second-order valence-corrected chi connectivity index (χ2v) is 7.72. The Bertz CT molecular complexity index is 1170. The van der Waals surface area contributed by atoms with Gasteiger partial charge in [-0.25, -0.2) is 0 Å². The van der Waals surface area contributed by atoms with Crippen LogP contribution in [0.2, 0.25) is 0 Å². The molecule has 0 aliphatic rings. The molecule has 4 aromatic rings. The van der Waals surface area contributed by atoms with Crippen molar-refractivity contribution in [3.05, 3.63) is 114 Å². The summed E-state index contributed by atoms with van der Waals surface area (Å²) in [6.45, 7) is 0.412. The first-order chi connectivity index (χ1) is 15.7. The monoisotopic (exact) mass is 423 g/mol. The number of Topliss-reactive ketones (excluding diaryl/α,β-unsaturated/α-hetero) is 1. The molecular weight excluding hydrogens is 398 g/mol. The quantitative estimate of drug-likeness (QED) is 0.371. The molecule has 0 spiro atoms. The van der Waals surface area contributed by atoms with Crippen LogP contribution in [0.1, 0.15) is 23.1 Å². The lowest BCUT2D eigenvalue weighted by molar-refractivity contribution is -0.118. The summed E-state index contributed by atoms with van der Waals surface area (Å²) in [6, 6.07) is 26.8. The summed E-state index contributed by atoms with van der Waals surface area (Å²) < 4.78 is 6.00. The molecule has 0 fully saturated rings. The molecule has 0 amide bonds. The van der Waals surface area contributed by atoms with Gasteiger partial charge in [-0.2, -0.15) is 0 Å². The van der Waals surface area contributed by atoms with Crippen molar-refractivity contribution in [2.45, 2.75) is 25.9 Å². The molecule has 0 unspecified atom stereocenters. The fourth-order valence-corrected chi connectivity index (χ4v) is 3.61. The van der Waals surface area contributed by atoms with Gasteiger partial charge in [0.15, 0.2) is 0 Å². The SMILES string of the molecule is O=C(CCc1cccnc1)Cc1ccc(OCc2ccccc2-c2cccc(O)c2)cc1. The number of phenolic OH excluding ortho intramolecular Hbond substituents is 1. The van der Waals surface area contributed by atoms with E-state index in [1.54, 1.807) is 24.5 Å². The van der Waals surface area contributed by atoms with Crippen LogP contribution in [-0.4, -0.2) is 15.9 Å². The number of hydrogen-bond acceptors (Lipinski definition) is 4. The molecule has 0 aliphatic heterocycles. The van der Waals surface area contributed by atoms with Crippen molar-refractivity contribution in [1.82, 2.24) is 4.98 Å². The normalized spacial score (nSPS) is 10.6. The predicted octanol–water partition coefficient (Wildman–Crippen LogP) is 5.78. The maximum absolute atomic E-state index is 12.3. The molecule has 1 heterocycles. The van der Waals surface area contributed by atoms with Crippen molar-refractivity contribution >= 4 is 5.78 Å². The third kappa shape index (κ3) is 5.82. The Morgan fingerprint density at radius 3 is 2.50 bits per heavy atom. The van der Waals surface area contributed by atoms with Gasteiger partial charge >= 0.3 is 0 Å². The molecule has 0 saturated heterocycles. The number of ether oxygens (including phenoxy) is 1. The summed E-state index contributed by atoms with van der Waals surface area (Å²) in [4.78, 5) is 16.4. The smallest absolute Gasteiger partial charge is 0.137 e. The Balaban J connectivity index is 1.33. The first kappa shape index (κ1) is 21.3. The Morgan fingerprint density at radius 2 is 1.72 bits per heavy atom. The van der Waals surface area contributed by atoms with E-state index < -0.39 is 0 Å². The fraction of sp³-hybridized carbons (Fsp3) is 0.143. The van der Waals surface area contributed by atoms with Gasteiger partial charge in [0.25, 0.3) is 0 Å². The highest BCUT2D eigenvalue weighted by Crippen LogP contribution is 2.27. The van der Waals surface area contributed by atoms with E-state index in [2.05, 4.69) is 4.98 Å². The summed E-state index contributed by atoms with van der Waals surface area (Å²) in [6.07, 6.45) is 5.18. The number of nitrogens with zero attached hydrogens (tertiary/aromatic N) is 1. The van der Waals surface area contributed by atoms with Crippen LogP contribution < -0.4 is 4.74 Å². The average molecular weight is 424 g/mol. The Morgan fingerprint density at radius 1 is 0.875 bits per heavy atom. The van der Waals surface area contributed by atoms with Gasteiger partial charge in [-0.15, -0.1) is 0 Å². The minimum absolute atomic E-state index is 0.211. The third-order valence-corrected chi connectivity index (χ3v) is 5.31. The summed E-state index contributed by atoms with van der Waals surface area (Å²) in [7, 11) is 0. The van der Waals surface area contributed by atoms with Crippen molar-refractivity contribution in [2.75, 3.05) is 0 Å². The van der Waals surface area contributed by atoms with E-state index in [1.807, 2.05) is 72.8 Å². The van der Waals surface area contributed by atoms with E-state index in [9.17, 15) is 9.90 Å². The average Bonchev–Trinajstić information content (AvgIpc) is 2.83. The number of rotatable bonds is 9. The lowest BCUT2D eigenvalue weighted by atomic mass is 10.00. The number of benzene rings is 3. The van der Waals surface area contributed by atoms with Crippen LogP contribution in [0.25, 0.3) is 11.1 Å². The van der Waals surface area contributed by atoms with Crippen molar-refractivity contribution < 1.29 is 14.6 Å². The number of pyridine rings is 1. The molecule has 4 nitrogen and oxygen atoms in total. The second kappa shape index (κ2) is 10.4. The van der Waals surface area contributed by atoms with Gasteiger partial charge in [-0.05, 0) is 64.6 Å². The molecule has 0 aliphatic carbocycles. The molecular formula is C28H25NO3. The van der Waals surface area contributed by atoms with Crippen LogP contribution in [0.5, 0.6) is 11.5 Å². The number of phenols is 1. The number of carbonyl (C=O) groups is 1. The number of aromatic hydroxyl groups is 1. The van der Waals surface area contributed by atoms with Crippen LogP contribution in [0, 0.1) is 0 Å². The number of ketones is 1. The number of hydrogen-bond donors (Lipinski definition) is 1. The number of aromatic nitrogens is 1. The first-order valence-electron chi connectivity index (χ1n) is 10.7. The summed E-state index contributed by atoms with van der Waals surface area (Å²) in [5, 5.41) is 9.80. The highest BCUT2D eigenvalue weighted by molar-refractivity contribution is 5.81. The van der Waals surface area contributed by atoms with Gasteiger partial charge in [-0.3, -0.25) is 9.78 Å². The summed E-state index contributed by atoms with van der Waals surface area (Å²) in [5.41, 5.74) is 5.07. The van der Waals surface area contributed by atoms with E-state index in [0.717, 1.165) is 33.6 Å². The van der Waals surface area contributed by atoms with Crippen molar-refractivity contribution in [3.63, 3.8) is 0 Å². The van der Waals surface area contributed by atoms with Gasteiger partial charge in [0.2, 0.25) is 0 Å². The molecule has 0 radical (unpaired) electrons. The predicted molar refractivity (Wildman–Crippen MR) is 126 cm³/mol. The van der Waals surface area contributed by atoms with E-state index in [1.165, 1.54) is 0 Å². The van der Waals surface area contributed by atoms with Crippen molar-refractivity contribution in [1.29, 1.82) is 0 Å². The van der Waals surface area contributed by atoms with Crippen LogP contribution >= 0.6 is 0 Å². The van der Waals surface area contributed by atoms with Crippen LogP contribution in [-0.2, 0) is 24.2 Å². The Hall–Kier alpha value is -3.92. The zero-order valence-electron chi connectivity index (χ0n) is 17.8. The van der Waals surface area contributed by atoms with Crippen molar-refractivity contribution in [3.8, 4) is 22.6 Å². The highest BCUT2D eigenvalue weighted by Gasteiger charge is 2.08. The van der Waals surface area contributed by atoms with E-state index in [4.69, 9.17) is 4.74 Å². The lowest BCUT2D eigenvalue weighted by Gasteiger charge is -2.12. The molecule has 4 heteroatoms. The summed E-state index contributed by atoms with van der Waals surface area (Å²) >= 11 is 0. The van der Waals surface area contributed by atoms with Crippen LogP contribution in [0.15, 0.2) is 97.3 Å². The molecule has 4 rings (SSSR count). The van der Waals surface area contributed by atoms with Crippen molar-refractivity contribution in [2.24, 2.45) is 0 Å². The molecule has 0 bridgehead atoms.